The van der Waals surface area contributed by atoms with Crippen LogP contribution in [-0.4, -0.2) is 19.0 Å². The van der Waals surface area contributed by atoms with Crippen molar-refractivity contribution in [1.82, 2.24) is 5.32 Å². The highest BCUT2D eigenvalue weighted by atomic mass is 16.5. The Morgan fingerprint density at radius 1 is 0.846 bits per heavy atom. The molecule has 5 heteroatoms. The fourth-order valence-electron chi connectivity index (χ4n) is 2.55. The Bertz CT molecular complexity index is 909. The summed E-state index contributed by atoms with van der Waals surface area (Å²) in [5.74, 6) is 0.166. The van der Waals surface area contributed by atoms with Gasteiger partial charge in [-0.3, -0.25) is 10.1 Å². The monoisotopic (exact) mass is 346 g/mol. The highest BCUT2D eigenvalue weighted by Crippen LogP contribution is 2.32. The number of benzene rings is 3. The number of carbonyl (C=O) groups excluding carboxylic acids is 2. The van der Waals surface area contributed by atoms with E-state index in [0.717, 1.165) is 11.1 Å². The zero-order valence-electron chi connectivity index (χ0n) is 14.2. The molecule has 26 heavy (non-hydrogen) atoms. The van der Waals surface area contributed by atoms with E-state index < -0.39 is 11.9 Å². The van der Waals surface area contributed by atoms with Crippen LogP contribution in [0.3, 0.4) is 0 Å². The van der Waals surface area contributed by atoms with Crippen LogP contribution in [0, 0.1) is 0 Å². The van der Waals surface area contributed by atoms with Crippen molar-refractivity contribution in [2.24, 2.45) is 0 Å². The summed E-state index contributed by atoms with van der Waals surface area (Å²) in [6.07, 6.45) is 0. The van der Waals surface area contributed by atoms with Gasteiger partial charge in [0.15, 0.2) is 0 Å². The van der Waals surface area contributed by atoms with Crippen molar-refractivity contribution in [2.45, 2.75) is 0 Å². The molecule has 0 aliphatic rings. The van der Waals surface area contributed by atoms with Gasteiger partial charge in [0.1, 0.15) is 5.75 Å². The maximum absolute atomic E-state index is 12.1. The molecule has 0 unspecified atom stereocenters. The first-order valence-corrected chi connectivity index (χ1v) is 8.08. The summed E-state index contributed by atoms with van der Waals surface area (Å²) < 4.78 is 5.43. The van der Waals surface area contributed by atoms with Crippen LogP contribution in [0.4, 0.5) is 10.5 Å². The summed E-state index contributed by atoms with van der Waals surface area (Å²) >= 11 is 0. The molecule has 0 spiro atoms. The summed E-state index contributed by atoms with van der Waals surface area (Å²) in [7, 11) is 1.57. The third-order valence-electron chi connectivity index (χ3n) is 3.81. The van der Waals surface area contributed by atoms with Crippen LogP contribution in [0.15, 0.2) is 78.9 Å². The first kappa shape index (κ1) is 17.2. The van der Waals surface area contributed by atoms with Gasteiger partial charge in [0.25, 0.3) is 5.91 Å². The van der Waals surface area contributed by atoms with Gasteiger partial charge in [0.2, 0.25) is 0 Å². The first-order valence-electron chi connectivity index (χ1n) is 8.08. The number of rotatable bonds is 4. The number of imide groups is 1. The average molecular weight is 346 g/mol. The van der Waals surface area contributed by atoms with E-state index in [-0.39, 0.29) is 0 Å². The Morgan fingerprint density at radius 3 is 2.15 bits per heavy atom. The minimum atomic E-state index is -0.603. The van der Waals surface area contributed by atoms with Crippen LogP contribution in [-0.2, 0) is 0 Å². The molecule has 130 valence electrons. The molecule has 0 atom stereocenters. The van der Waals surface area contributed by atoms with Crippen molar-refractivity contribution in [3.63, 3.8) is 0 Å². The minimum Gasteiger partial charge on any atom is -0.496 e. The highest BCUT2D eigenvalue weighted by molar-refractivity contribution is 6.08. The number of hydrogen-bond acceptors (Lipinski definition) is 3. The topological polar surface area (TPSA) is 67.4 Å². The SMILES string of the molecule is COc1cc(NC(=O)NC(=O)c2ccccc2)ccc1-c1ccccc1. The lowest BCUT2D eigenvalue weighted by atomic mass is 10.0. The average Bonchev–Trinajstić information content (AvgIpc) is 2.69. The molecule has 0 aliphatic carbocycles. The van der Waals surface area contributed by atoms with E-state index in [9.17, 15) is 9.59 Å². The Morgan fingerprint density at radius 2 is 1.50 bits per heavy atom. The Hall–Kier alpha value is -3.60. The predicted octanol–water partition coefficient (Wildman–Crippen LogP) is 4.32. The molecular weight excluding hydrogens is 328 g/mol. The quantitative estimate of drug-likeness (QED) is 0.739. The summed E-state index contributed by atoms with van der Waals surface area (Å²) in [4.78, 5) is 24.1. The molecular formula is C21H18N2O3. The largest absolute Gasteiger partial charge is 0.496 e. The highest BCUT2D eigenvalue weighted by Gasteiger charge is 2.12. The summed E-state index contributed by atoms with van der Waals surface area (Å²) in [5.41, 5.74) is 2.87. The second kappa shape index (κ2) is 7.98. The van der Waals surface area contributed by atoms with Gasteiger partial charge in [-0.2, -0.15) is 0 Å². The van der Waals surface area contributed by atoms with Crippen LogP contribution in [0.2, 0.25) is 0 Å². The zero-order chi connectivity index (χ0) is 18.4. The minimum absolute atomic E-state index is 0.416. The van der Waals surface area contributed by atoms with Crippen molar-refractivity contribution in [2.75, 3.05) is 12.4 Å². The third kappa shape index (κ3) is 4.08. The number of hydrogen-bond donors (Lipinski definition) is 2. The van der Waals surface area contributed by atoms with Crippen LogP contribution < -0.4 is 15.4 Å². The molecule has 0 aliphatic heterocycles. The van der Waals surface area contributed by atoms with Gasteiger partial charge >= 0.3 is 6.03 Å². The number of nitrogens with one attached hydrogen (secondary N) is 2. The van der Waals surface area contributed by atoms with Crippen LogP contribution in [0.1, 0.15) is 10.4 Å². The third-order valence-corrected chi connectivity index (χ3v) is 3.81. The first-order chi connectivity index (χ1) is 12.7. The fraction of sp³-hybridized carbons (Fsp3) is 0.0476. The molecule has 0 saturated carbocycles. The normalized spacial score (nSPS) is 10.0. The molecule has 3 rings (SSSR count). The van der Waals surface area contributed by atoms with Gasteiger partial charge in [-0.1, -0.05) is 48.5 Å². The van der Waals surface area contributed by atoms with Gasteiger partial charge in [-0.05, 0) is 29.8 Å². The fourth-order valence-corrected chi connectivity index (χ4v) is 2.55. The second-order valence-corrected chi connectivity index (χ2v) is 5.56. The molecule has 0 aromatic heterocycles. The lowest BCUT2D eigenvalue weighted by molar-refractivity contribution is 0.0967. The molecule has 2 N–H and O–H groups in total. The van der Waals surface area contributed by atoms with E-state index in [1.165, 1.54) is 0 Å². The number of carbonyl (C=O) groups is 2. The summed E-state index contributed by atoms with van der Waals surface area (Å²) in [5, 5.41) is 4.94. The lowest BCUT2D eigenvalue weighted by Gasteiger charge is -2.12. The Kier molecular flexibility index (Phi) is 5.29. The Labute approximate surface area is 151 Å². The number of methoxy groups -OCH3 is 1. The number of ether oxygens (including phenoxy) is 1. The van der Waals surface area contributed by atoms with Crippen molar-refractivity contribution < 1.29 is 14.3 Å². The molecule has 3 aromatic carbocycles. The van der Waals surface area contributed by atoms with Crippen LogP contribution >= 0.6 is 0 Å². The van der Waals surface area contributed by atoms with Crippen molar-refractivity contribution in [1.29, 1.82) is 0 Å². The molecule has 5 nitrogen and oxygen atoms in total. The summed E-state index contributed by atoms with van der Waals surface area (Å²) in [6, 6.07) is 23.1. The molecule has 3 amide bonds. The number of amides is 3. The zero-order valence-corrected chi connectivity index (χ0v) is 14.2. The van der Waals surface area contributed by atoms with Crippen molar-refractivity contribution in [3.8, 4) is 16.9 Å². The van der Waals surface area contributed by atoms with Crippen LogP contribution in [0.5, 0.6) is 5.75 Å². The molecule has 0 fully saturated rings. The Balaban J connectivity index is 1.72. The standard InChI is InChI=1S/C21H18N2O3/c1-26-19-14-17(12-13-18(19)15-8-4-2-5-9-15)22-21(25)23-20(24)16-10-6-3-7-11-16/h2-14H,1H3,(H2,22,23,24,25). The number of urea groups is 1. The summed E-state index contributed by atoms with van der Waals surface area (Å²) in [6.45, 7) is 0. The molecule has 3 aromatic rings. The van der Waals surface area contributed by atoms with E-state index in [0.29, 0.717) is 17.0 Å². The second-order valence-electron chi connectivity index (χ2n) is 5.56. The van der Waals surface area contributed by atoms with Gasteiger partial charge in [0, 0.05) is 22.9 Å². The van der Waals surface area contributed by atoms with E-state index in [4.69, 9.17) is 4.74 Å². The maximum Gasteiger partial charge on any atom is 0.326 e. The molecule has 0 saturated heterocycles. The smallest absolute Gasteiger partial charge is 0.326 e. The predicted molar refractivity (Wildman–Crippen MR) is 101 cm³/mol. The van der Waals surface area contributed by atoms with Crippen molar-refractivity contribution in [3.05, 3.63) is 84.4 Å². The van der Waals surface area contributed by atoms with E-state index in [1.807, 2.05) is 36.4 Å². The van der Waals surface area contributed by atoms with E-state index in [2.05, 4.69) is 10.6 Å². The molecule has 0 bridgehead atoms. The van der Waals surface area contributed by atoms with Gasteiger partial charge in [-0.15, -0.1) is 0 Å². The molecule has 0 radical (unpaired) electrons. The maximum atomic E-state index is 12.1. The van der Waals surface area contributed by atoms with Gasteiger partial charge < -0.3 is 10.1 Å². The lowest BCUT2D eigenvalue weighted by Crippen LogP contribution is -2.34. The van der Waals surface area contributed by atoms with E-state index >= 15 is 0 Å². The van der Waals surface area contributed by atoms with E-state index in [1.54, 1.807) is 49.6 Å². The van der Waals surface area contributed by atoms with Crippen molar-refractivity contribution >= 4 is 17.6 Å². The number of anilines is 1. The molecule has 0 heterocycles. The van der Waals surface area contributed by atoms with Crippen LogP contribution in [0.25, 0.3) is 11.1 Å². The van der Waals surface area contributed by atoms with Gasteiger partial charge in [0.05, 0.1) is 7.11 Å². The van der Waals surface area contributed by atoms with Gasteiger partial charge in [-0.25, -0.2) is 4.79 Å².